The van der Waals surface area contributed by atoms with Crippen molar-refractivity contribution in [1.82, 2.24) is 4.90 Å². The van der Waals surface area contributed by atoms with Crippen molar-refractivity contribution in [2.45, 2.75) is 38.3 Å². The maximum atomic E-state index is 12.6. The van der Waals surface area contributed by atoms with Gasteiger partial charge in [0.2, 0.25) is 0 Å². The van der Waals surface area contributed by atoms with Crippen molar-refractivity contribution in [3.8, 4) is 0 Å². The second kappa shape index (κ2) is 5.85. The molecule has 1 saturated heterocycles. The van der Waals surface area contributed by atoms with Gasteiger partial charge >= 0.3 is 0 Å². The molecule has 18 heavy (non-hydrogen) atoms. The average molecular weight is 311 g/mol. The van der Waals surface area contributed by atoms with Crippen molar-refractivity contribution in [2.24, 2.45) is 5.73 Å². The van der Waals surface area contributed by atoms with Crippen molar-refractivity contribution in [3.63, 3.8) is 0 Å². The minimum Gasteiger partial charge on any atom is -0.334 e. The Balaban J connectivity index is 2.24. The van der Waals surface area contributed by atoms with Gasteiger partial charge < -0.3 is 10.6 Å². The second-order valence-corrected chi connectivity index (χ2v) is 5.75. The molecule has 4 heteroatoms. The molecule has 1 aliphatic heterocycles. The molecule has 1 aromatic rings. The normalized spacial score (nSPS) is 21.7. The van der Waals surface area contributed by atoms with Crippen molar-refractivity contribution in [2.75, 3.05) is 6.54 Å². The van der Waals surface area contributed by atoms with E-state index in [9.17, 15) is 4.79 Å². The number of hydrogen-bond acceptors (Lipinski definition) is 2. The molecule has 0 aromatic heterocycles. The summed E-state index contributed by atoms with van der Waals surface area (Å²) < 4.78 is 0.851. The summed E-state index contributed by atoms with van der Waals surface area (Å²) in [6.45, 7) is 2.79. The minimum absolute atomic E-state index is 0.0248. The Hall–Kier alpha value is -0.870. The molecule has 1 fully saturated rings. The van der Waals surface area contributed by atoms with Gasteiger partial charge in [-0.2, -0.15) is 0 Å². The van der Waals surface area contributed by atoms with E-state index >= 15 is 0 Å². The smallest absolute Gasteiger partial charge is 0.255 e. The predicted octanol–water partition coefficient (Wildman–Crippen LogP) is 2.79. The van der Waals surface area contributed by atoms with Crippen LogP contribution in [0.4, 0.5) is 0 Å². The number of carbonyl (C=O) groups is 1. The van der Waals surface area contributed by atoms with Crippen LogP contribution in [0.3, 0.4) is 0 Å². The molecule has 1 amide bonds. The van der Waals surface area contributed by atoms with Gasteiger partial charge in [-0.25, -0.2) is 0 Å². The van der Waals surface area contributed by atoms with Crippen molar-refractivity contribution in [1.29, 1.82) is 0 Å². The lowest BCUT2D eigenvalue weighted by atomic mass is 9.96. The number of amides is 1. The van der Waals surface area contributed by atoms with E-state index in [1.165, 1.54) is 0 Å². The largest absolute Gasteiger partial charge is 0.334 e. The van der Waals surface area contributed by atoms with Crippen LogP contribution >= 0.6 is 15.9 Å². The SMILES string of the molecule is CC(N)C1CCCCN1C(=O)c1ccccc1Br. The average Bonchev–Trinajstić information content (AvgIpc) is 2.38. The first kappa shape index (κ1) is 13.6. The van der Waals surface area contributed by atoms with Crippen molar-refractivity contribution >= 4 is 21.8 Å². The van der Waals surface area contributed by atoms with Gasteiger partial charge in [-0.3, -0.25) is 4.79 Å². The minimum atomic E-state index is 0.0248. The number of rotatable bonds is 2. The van der Waals surface area contributed by atoms with Gasteiger partial charge in [0.15, 0.2) is 0 Å². The molecule has 1 heterocycles. The number of nitrogens with zero attached hydrogens (tertiary/aromatic N) is 1. The third-order valence-electron chi connectivity index (χ3n) is 3.52. The maximum absolute atomic E-state index is 12.6. The summed E-state index contributed by atoms with van der Waals surface area (Å²) in [6, 6.07) is 7.76. The zero-order chi connectivity index (χ0) is 13.1. The summed E-state index contributed by atoms with van der Waals surface area (Å²) in [7, 11) is 0. The summed E-state index contributed by atoms with van der Waals surface area (Å²) in [5.41, 5.74) is 6.73. The highest BCUT2D eigenvalue weighted by atomic mass is 79.9. The monoisotopic (exact) mass is 310 g/mol. The first-order valence-electron chi connectivity index (χ1n) is 6.42. The third kappa shape index (κ3) is 2.75. The predicted molar refractivity (Wildman–Crippen MR) is 76.5 cm³/mol. The van der Waals surface area contributed by atoms with Gasteiger partial charge in [-0.1, -0.05) is 12.1 Å². The molecule has 0 aliphatic carbocycles. The Labute approximate surface area is 116 Å². The van der Waals surface area contributed by atoms with Gasteiger partial charge in [0.25, 0.3) is 5.91 Å². The van der Waals surface area contributed by atoms with Crippen LogP contribution in [0, 0.1) is 0 Å². The first-order chi connectivity index (χ1) is 8.61. The van der Waals surface area contributed by atoms with Crippen molar-refractivity contribution < 1.29 is 4.79 Å². The Morgan fingerprint density at radius 3 is 2.83 bits per heavy atom. The van der Waals surface area contributed by atoms with Gasteiger partial charge in [0.05, 0.1) is 5.56 Å². The molecule has 0 spiro atoms. The van der Waals surface area contributed by atoms with Crippen LogP contribution in [-0.4, -0.2) is 29.4 Å². The molecule has 0 saturated carbocycles. The highest BCUT2D eigenvalue weighted by Crippen LogP contribution is 2.24. The number of benzene rings is 1. The highest BCUT2D eigenvalue weighted by molar-refractivity contribution is 9.10. The van der Waals surface area contributed by atoms with Gasteiger partial charge in [0, 0.05) is 23.1 Å². The number of halogens is 1. The molecule has 2 rings (SSSR count). The van der Waals surface area contributed by atoms with Gasteiger partial charge in [-0.05, 0) is 54.2 Å². The van der Waals surface area contributed by atoms with E-state index in [0.29, 0.717) is 0 Å². The summed E-state index contributed by atoms with van der Waals surface area (Å²) in [5.74, 6) is 0.0875. The maximum Gasteiger partial charge on any atom is 0.255 e. The van der Waals surface area contributed by atoms with E-state index in [2.05, 4.69) is 15.9 Å². The van der Waals surface area contributed by atoms with Crippen LogP contribution in [0.2, 0.25) is 0 Å². The Morgan fingerprint density at radius 2 is 2.17 bits per heavy atom. The molecule has 1 aliphatic rings. The molecular weight excluding hydrogens is 292 g/mol. The van der Waals surface area contributed by atoms with E-state index in [1.54, 1.807) is 0 Å². The molecule has 2 unspecified atom stereocenters. The zero-order valence-electron chi connectivity index (χ0n) is 10.6. The third-order valence-corrected chi connectivity index (χ3v) is 4.21. The quantitative estimate of drug-likeness (QED) is 0.913. The fraction of sp³-hybridized carbons (Fsp3) is 0.500. The molecule has 0 radical (unpaired) electrons. The van der Waals surface area contributed by atoms with E-state index in [1.807, 2.05) is 36.1 Å². The van der Waals surface area contributed by atoms with Crippen LogP contribution in [0.15, 0.2) is 28.7 Å². The summed E-state index contributed by atoms with van der Waals surface area (Å²) in [5, 5.41) is 0. The Morgan fingerprint density at radius 1 is 1.44 bits per heavy atom. The molecule has 98 valence electrons. The molecule has 3 nitrogen and oxygen atoms in total. The lowest BCUT2D eigenvalue weighted by Crippen LogP contribution is -2.51. The number of nitrogens with two attached hydrogens (primary N) is 1. The number of hydrogen-bond donors (Lipinski definition) is 1. The molecule has 2 atom stereocenters. The highest BCUT2D eigenvalue weighted by Gasteiger charge is 2.30. The van der Waals surface area contributed by atoms with Crippen LogP contribution in [0.1, 0.15) is 36.5 Å². The van der Waals surface area contributed by atoms with E-state index in [4.69, 9.17) is 5.73 Å². The fourth-order valence-corrected chi connectivity index (χ4v) is 3.00. The first-order valence-corrected chi connectivity index (χ1v) is 7.21. The van der Waals surface area contributed by atoms with E-state index < -0.39 is 0 Å². The van der Waals surface area contributed by atoms with Crippen LogP contribution < -0.4 is 5.73 Å². The molecule has 0 bridgehead atoms. The number of likely N-dealkylation sites (tertiary alicyclic amines) is 1. The van der Waals surface area contributed by atoms with Crippen LogP contribution in [0.25, 0.3) is 0 Å². The fourth-order valence-electron chi connectivity index (χ4n) is 2.55. The lowest BCUT2D eigenvalue weighted by Gasteiger charge is -2.38. The summed E-state index contributed by atoms with van der Waals surface area (Å²) in [6.07, 6.45) is 3.24. The Bertz CT molecular complexity index is 434. The number of carbonyl (C=O) groups excluding carboxylic acids is 1. The summed E-state index contributed by atoms with van der Waals surface area (Å²) in [4.78, 5) is 14.5. The van der Waals surface area contributed by atoms with E-state index in [-0.39, 0.29) is 18.0 Å². The molecule has 2 N–H and O–H groups in total. The Kier molecular flexibility index (Phi) is 4.40. The van der Waals surface area contributed by atoms with Crippen LogP contribution in [-0.2, 0) is 0 Å². The molecular formula is C14H19BrN2O. The number of piperidine rings is 1. The van der Waals surface area contributed by atoms with Gasteiger partial charge in [-0.15, -0.1) is 0 Å². The molecule has 1 aromatic carbocycles. The second-order valence-electron chi connectivity index (χ2n) is 4.90. The summed E-state index contributed by atoms with van der Waals surface area (Å²) >= 11 is 3.44. The topological polar surface area (TPSA) is 46.3 Å². The van der Waals surface area contributed by atoms with Crippen molar-refractivity contribution in [3.05, 3.63) is 34.3 Å². The van der Waals surface area contributed by atoms with E-state index in [0.717, 1.165) is 35.8 Å². The standard InChI is InChI=1S/C14H19BrN2O/c1-10(16)13-8-4-5-9-17(13)14(18)11-6-2-3-7-12(11)15/h2-3,6-7,10,13H,4-5,8-9,16H2,1H3. The van der Waals surface area contributed by atoms with Gasteiger partial charge in [0.1, 0.15) is 0 Å². The van der Waals surface area contributed by atoms with Crippen LogP contribution in [0.5, 0.6) is 0 Å². The zero-order valence-corrected chi connectivity index (χ0v) is 12.2. The lowest BCUT2D eigenvalue weighted by molar-refractivity contribution is 0.0583.